The van der Waals surface area contributed by atoms with E-state index in [1.807, 2.05) is 21.1 Å². The fraction of sp³-hybridized carbons (Fsp3) is 0.708. The van der Waals surface area contributed by atoms with E-state index in [0.29, 0.717) is 17.4 Å². The normalized spacial score (nSPS) is 13.5. The highest BCUT2D eigenvalue weighted by molar-refractivity contribution is 5.70. The van der Waals surface area contributed by atoms with Crippen molar-refractivity contribution in [3.05, 3.63) is 97.2 Å². The minimum Gasteiger partial charge on any atom is -0.545 e. The molecule has 0 saturated heterocycles. The van der Waals surface area contributed by atoms with Gasteiger partial charge in [-0.1, -0.05) is 233 Å². The summed E-state index contributed by atoms with van der Waals surface area (Å²) in [5.41, 5.74) is 0. The summed E-state index contributed by atoms with van der Waals surface area (Å²) in [6.07, 6.45) is 71.8. The van der Waals surface area contributed by atoms with Crippen molar-refractivity contribution in [1.29, 1.82) is 0 Å². The van der Waals surface area contributed by atoms with Crippen LogP contribution in [0.3, 0.4) is 0 Å². The topological polar surface area (TPSA) is 111 Å². The molecule has 0 heterocycles. The molecule has 424 valence electrons. The number of allylic oxidation sites excluding steroid dienone is 16. The Bertz CT molecular complexity index is 1530. The third-order valence-corrected chi connectivity index (χ3v) is 12.6. The molecule has 0 N–H and O–H groups in total. The maximum atomic E-state index is 12.9. The monoisotopic (exact) mass is 1030 g/mol. The van der Waals surface area contributed by atoms with E-state index in [0.717, 1.165) is 109 Å². The molecule has 2 atom stereocenters. The predicted octanol–water partition coefficient (Wildman–Crippen LogP) is 16.4. The number of ether oxygens (including phenoxy) is 4. The largest absolute Gasteiger partial charge is 0.545 e. The second-order valence-electron chi connectivity index (χ2n) is 20.9. The number of hydrogen-bond acceptors (Lipinski definition) is 8. The minimum absolute atomic E-state index is 0.142. The first-order valence-corrected chi connectivity index (χ1v) is 29.9. The molecule has 74 heavy (non-hydrogen) atoms. The van der Waals surface area contributed by atoms with Crippen LogP contribution in [0.1, 0.15) is 239 Å². The smallest absolute Gasteiger partial charge is 0.306 e. The summed E-state index contributed by atoms with van der Waals surface area (Å²) in [5, 5.41) is 11.8. The van der Waals surface area contributed by atoms with Crippen LogP contribution >= 0.6 is 0 Å². The minimum atomic E-state index is -1.63. The zero-order chi connectivity index (χ0) is 54.1. The second kappa shape index (κ2) is 55.4. The Labute approximate surface area is 454 Å². The van der Waals surface area contributed by atoms with E-state index in [1.54, 1.807) is 0 Å². The van der Waals surface area contributed by atoms with Crippen molar-refractivity contribution in [1.82, 2.24) is 0 Å². The average molecular weight is 1030 g/mol. The lowest BCUT2D eigenvalue weighted by Crippen LogP contribution is -2.44. The average Bonchev–Trinajstić information content (AvgIpc) is 3.37. The van der Waals surface area contributed by atoms with E-state index in [1.165, 1.54) is 96.3 Å². The van der Waals surface area contributed by atoms with Crippen molar-refractivity contribution >= 4 is 17.9 Å². The molecule has 0 aromatic rings. The van der Waals surface area contributed by atoms with Crippen LogP contribution in [0.4, 0.5) is 0 Å². The summed E-state index contributed by atoms with van der Waals surface area (Å²) in [6.45, 7) is 4.57. The summed E-state index contributed by atoms with van der Waals surface area (Å²) >= 11 is 0. The van der Waals surface area contributed by atoms with E-state index in [9.17, 15) is 19.5 Å². The van der Waals surface area contributed by atoms with Gasteiger partial charge >= 0.3 is 11.9 Å². The number of hydrogen-bond donors (Lipinski definition) is 0. The Balaban J connectivity index is 4.11. The Kier molecular flexibility index (Phi) is 52.6. The number of carboxylic acid groups (broad SMARTS) is 1. The maximum absolute atomic E-state index is 12.9. The number of carbonyl (C=O) groups excluding carboxylic acids is 3. The molecule has 0 spiro atoms. The third-order valence-electron chi connectivity index (χ3n) is 12.6. The zero-order valence-electron chi connectivity index (χ0n) is 48.2. The quantitative estimate of drug-likeness (QED) is 0.0195. The first-order valence-electron chi connectivity index (χ1n) is 29.9. The molecule has 0 aliphatic rings. The maximum Gasteiger partial charge on any atom is 0.306 e. The zero-order valence-corrected chi connectivity index (χ0v) is 48.2. The summed E-state index contributed by atoms with van der Waals surface area (Å²) in [4.78, 5) is 37.2. The number of aliphatic carboxylic acids is 1. The Morgan fingerprint density at radius 3 is 1.15 bits per heavy atom. The number of carbonyl (C=O) groups is 3. The molecule has 2 unspecified atom stereocenters. The molecule has 0 radical (unpaired) electrons. The molecule has 0 fully saturated rings. The number of rotatable bonds is 54. The van der Waals surface area contributed by atoms with Gasteiger partial charge in [0.2, 0.25) is 0 Å². The van der Waals surface area contributed by atoms with Crippen molar-refractivity contribution in [2.45, 2.75) is 251 Å². The molecule has 0 aromatic heterocycles. The summed E-state index contributed by atoms with van der Waals surface area (Å²) in [5.74, 6) is -2.30. The number of carboxylic acids is 1. The van der Waals surface area contributed by atoms with E-state index in [4.69, 9.17) is 18.9 Å². The fourth-order valence-corrected chi connectivity index (χ4v) is 7.97. The van der Waals surface area contributed by atoms with Gasteiger partial charge in [0.1, 0.15) is 13.2 Å². The van der Waals surface area contributed by atoms with Crippen LogP contribution in [0.15, 0.2) is 97.2 Å². The van der Waals surface area contributed by atoms with Gasteiger partial charge in [0, 0.05) is 12.8 Å². The van der Waals surface area contributed by atoms with E-state index < -0.39 is 24.3 Å². The second-order valence-corrected chi connectivity index (χ2v) is 20.9. The highest BCUT2D eigenvalue weighted by Crippen LogP contribution is 2.16. The summed E-state index contributed by atoms with van der Waals surface area (Å²) < 4.78 is 22.7. The van der Waals surface area contributed by atoms with Gasteiger partial charge in [-0.25, -0.2) is 0 Å². The number of unbranched alkanes of at least 4 members (excludes halogenated alkanes) is 23. The van der Waals surface area contributed by atoms with Gasteiger partial charge in [0.05, 0.1) is 40.3 Å². The summed E-state index contributed by atoms with van der Waals surface area (Å²) in [6, 6.07) is 0. The van der Waals surface area contributed by atoms with Gasteiger partial charge in [-0.05, 0) is 89.9 Å². The van der Waals surface area contributed by atoms with Gasteiger partial charge in [-0.3, -0.25) is 9.59 Å². The Hall–Kier alpha value is -3.79. The first-order chi connectivity index (χ1) is 36.1. The standard InChI is InChI=1S/C65H111NO8/c1-6-8-10-12-14-16-18-20-22-23-24-25-26-27-28-29-30-31-32-33-34-35-36-37-38-39-40-41-42-44-46-48-50-52-54-56-63(68)74-61(60-73-65(64(69)70)71-58-57-66(3,4)5)59-72-62(67)55-53-51-49-47-45-43-21-19-17-15-13-11-9-7-2/h8,10,13-16,19-22,24-25,27-28,30-31,61,65H,6-7,9,11-12,17-18,23,26,29,32-60H2,1-5H3/b10-8-,15-13-,16-14-,21-19-,22-20-,25-24-,28-27-,31-30-. The molecular formula is C65H111NO8. The van der Waals surface area contributed by atoms with Crippen LogP contribution in [0.25, 0.3) is 0 Å². The van der Waals surface area contributed by atoms with Crippen molar-refractivity contribution in [3.63, 3.8) is 0 Å². The number of quaternary nitrogens is 1. The third kappa shape index (κ3) is 55.9. The molecular weight excluding hydrogens is 923 g/mol. The molecule has 0 aliphatic carbocycles. The highest BCUT2D eigenvalue weighted by Gasteiger charge is 2.22. The van der Waals surface area contributed by atoms with Crippen LogP contribution < -0.4 is 5.11 Å². The van der Waals surface area contributed by atoms with Crippen LogP contribution in [0.5, 0.6) is 0 Å². The molecule has 0 amide bonds. The first kappa shape index (κ1) is 70.2. The lowest BCUT2D eigenvalue weighted by Gasteiger charge is -2.26. The molecule has 0 saturated carbocycles. The van der Waals surface area contributed by atoms with Gasteiger partial charge in [0.15, 0.2) is 12.4 Å². The van der Waals surface area contributed by atoms with Gasteiger partial charge in [0.25, 0.3) is 0 Å². The lowest BCUT2D eigenvalue weighted by atomic mass is 10.0. The summed E-state index contributed by atoms with van der Waals surface area (Å²) in [7, 11) is 5.91. The lowest BCUT2D eigenvalue weighted by molar-refractivity contribution is -0.870. The van der Waals surface area contributed by atoms with E-state index in [-0.39, 0.29) is 38.6 Å². The van der Waals surface area contributed by atoms with Gasteiger partial charge < -0.3 is 33.3 Å². The molecule has 0 aliphatic heterocycles. The Morgan fingerprint density at radius 1 is 0.419 bits per heavy atom. The molecule has 0 rings (SSSR count). The number of nitrogens with zero attached hydrogens (tertiary/aromatic N) is 1. The van der Waals surface area contributed by atoms with Crippen LogP contribution in [-0.4, -0.2) is 82.3 Å². The van der Waals surface area contributed by atoms with Crippen molar-refractivity contribution < 1.29 is 42.9 Å². The van der Waals surface area contributed by atoms with Crippen molar-refractivity contribution in [3.8, 4) is 0 Å². The molecule has 9 heteroatoms. The van der Waals surface area contributed by atoms with Crippen LogP contribution in [0, 0.1) is 0 Å². The van der Waals surface area contributed by atoms with Gasteiger partial charge in [-0.15, -0.1) is 0 Å². The van der Waals surface area contributed by atoms with E-state index in [2.05, 4.69) is 111 Å². The number of likely N-dealkylation sites (N-methyl/N-ethyl adjacent to an activating group) is 1. The van der Waals surface area contributed by atoms with Gasteiger partial charge in [-0.2, -0.15) is 0 Å². The SMILES string of the molecule is CC/C=C\C/C=C\C/C=C\C/C=C\C/C=C\C/C=C\CCCCCCCCCCCCCCCCCCC(=O)OC(COC(=O)CCCCCCC/C=C\C/C=C\CCCC)COC(OCC[N+](C)(C)C)C(=O)[O-]. The fourth-order valence-electron chi connectivity index (χ4n) is 7.97. The Morgan fingerprint density at radius 2 is 0.770 bits per heavy atom. The van der Waals surface area contributed by atoms with Crippen molar-refractivity contribution in [2.75, 3.05) is 47.5 Å². The van der Waals surface area contributed by atoms with Crippen LogP contribution in [0.2, 0.25) is 0 Å². The molecule has 0 aromatic carbocycles. The molecule has 9 nitrogen and oxygen atoms in total. The highest BCUT2D eigenvalue weighted by atomic mass is 16.7. The van der Waals surface area contributed by atoms with Crippen molar-refractivity contribution in [2.24, 2.45) is 0 Å². The predicted molar refractivity (Wildman–Crippen MR) is 311 cm³/mol. The van der Waals surface area contributed by atoms with Crippen LogP contribution in [-0.2, 0) is 33.3 Å². The van der Waals surface area contributed by atoms with E-state index >= 15 is 0 Å². The number of esters is 2. The molecule has 0 bridgehead atoms.